The van der Waals surface area contributed by atoms with Gasteiger partial charge in [-0.3, -0.25) is 9.36 Å². The Bertz CT molecular complexity index is 1190. The molecule has 0 radical (unpaired) electrons. The third kappa shape index (κ3) is 3.38. The Morgan fingerprint density at radius 3 is 2.64 bits per heavy atom. The number of rotatable bonds is 5. The first-order valence-electron chi connectivity index (χ1n) is 8.98. The summed E-state index contributed by atoms with van der Waals surface area (Å²) >= 11 is 3.00. The second-order valence-corrected chi connectivity index (χ2v) is 8.93. The molecule has 4 rings (SSSR count). The summed E-state index contributed by atoms with van der Waals surface area (Å²) in [7, 11) is 0. The highest BCUT2D eigenvalue weighted by molar-refractivity contribution is 7.98. The van der Waals surface area contributed by atoms with Crippen molar-refractivity contribution in [2.24, 2.45) is 0 Å². The van der Waals surface area contributed by atoms with Crippen LogP contribution >= 0.6 is 23.1 Å². The minimum atomic E-state index is 0.00840. The molecule has 0 aliphatic rings. The van der Waals surface area contributed by atoms with E-state index >= 15 is 0 Å². The van der Waals surface area contributed by atoms with Crippen molar-refractivity contribution in [2.45, 2.75) is 44.6 Å². The summed E-state index contributed by atoms with van der Waals surface area (Å²) in [6, 6.07) is 9.67. The Balaban J connectivity index is 1.66. The third-order valence-electron chi connectivity index (χ3n) is 4.53. The maximum atomic E-state index is 13.1. The molecule has 8 heteroatoms. The highest BCUT2D eigenvalue weighted by atomic mass is 32.2. The van der Waals surface area contributed by atoms with Gasteiger partial charge in [0.25, 0.3) is 5.56 Å². The molecule has 4 aromatic rings. The monoisotopic (exact) mass is 412 g/mol. The molecule has 28 heavy (non-hydrogen) atoms. The minimum absolute atomic E-state index is 0.00840. The van der Waals surface area contributed by atoms with Crippen LogP contribution in [0.3, 0.4) is 0 Å². The first-order chi connectivity index (χ1) is 13.5. The SMILES string of the molecule is Cc1sc2nc(SCc3nnc(-c4ccccc4)o3)n(C(C)C)c(=O)c2c1C. The van der Waals surface area contributed by atoms with E-state index in [9.17, 15) is 4.79 Å². The predicted octanol–water partition coefficient (Wildman–Crippen LogP) is 5.00. The van der Waals surface area contributed by atoms with Gasteiger partial charge in [0, 0.05) is 16.5 Å². The number of thiophene rings is 1. The van der Waals surface area contributed by atoms with Crippen LogP contribution in [-0.4, -0.2) is 19.7 Å². The summed E-state index contributed by atoms with van der Waals surface area (Å²) in [6.45, 7) is 8.00. The van der Waals surface area contributed by atoms with Crippen molar-refractivity contribution < 1.29 is 4.42 Å². The van der Waals surface area contributed by atoms with Crippen LogP contribution in [0.4, 0.5) is 0 Å². The van der Waals surface area contributed by atoms with Crippen molar-refractivity contribution in [1.82, 2.24) is 19.7 Å². The number of aromatic nitrogens is 4. The molecule has 3 heterocycles. The average molecular weight is 413 g/mol. The molecule has 3 aromatic heterocycles. The maximum absolute atomic E-state index is 13.1. The van der Waals surface area contributed by atoms with Crippen molar-refractivity contribution >= 4 is 33.3 Å². The summed E-state index contributed by atoms with van der Waals surface area (Å²) in [6.07, 6.45) is 0. The Labute approximate surface area is 170 Å². The molecule has 0 amide bonds. The van der Waals surface area contributed by atoms with Gasteiger partial charge in [0.05, 0.1) is 11.1 Å². The van der Waals surface area contributed by atoms with Crippen LogP contribution in [0.5, 0.6) is 0 Å². The average Bonchev–Trinajstić information content (AvgIpc) is 3.25. The Kier molecular flexibility index (Phi) is 5.07. The molecule has 0 bridgehead atoms. The zero-order valence-electron chi connectivity index (χ0n) is 16.1. The van der Waals surface area contributed by atoms with E-state index in [1.807, 2.05) is 58.0 Å². The van der Waals surface area contributed by atoms with E-state index in [0.717, 1.165) is 26.2 Å². The third-order valence-corrected chi connectivity index (χ3v) is 6.57. The van der Waals surface area contributed by atoms with Gasteiger partial charge in [-0.25, -0.2) is 4.98 Å². The first kappa shape index (κ1) is 18.9. The second-order valence-electron chi connectivity index (χ2n) is 6.78. The molecule has 0 saturated heterocycles. The molecule has 0 saturated carbocycles. The molecule has 0 atom stereocenters. The Morgan fingerprint density at radius 2 is 1.93 bits per heavy atom. The number of nitrogens with zero attached hydrogens (tertiary/aromatic N) is 4. The van der Waals surface area contributed by atoms with Gasteiger partial charge in [-0.1, -0.05) is 30.0 Å². The zero-order chi connectivity index (χ0) is 19.8. The van der Waals surface area contributed by atoms with E-state index in [0.29, 0.717) is 22.7 Å². The fourth-order valence-electron chi connectivity index (χ4n) is 2.98. The van der Waals surface area contributed by atoms with E-state index in [2.05, 4.69) is 10.2 Å². The van der Waals surface area contributed by atoms with Crippen LogP contribution in [-0.2, 0) is 5.75 Å². The number of hydrogen-bond acceptors (Lipinski definition) is 7. The maximum Gasteiger partial charge on any atom is 0.263 e. The molecule has 0 fully saturated rings. The fraction of sp³-hybridized carbons (Fsp3) is 0.300. The lowest BCUT2D eigenvalue weighted by Gasteiger charge is -2.14. The number of aryl methyl sites for hydroxylation is 2. The van der Waals surface area contributed by atoms with Crippen molar-refractivity contribution in [2.75, 3.05) is 0 Å². The minimum Gasteiger partial charge on any atom is -0.420 e. The summed E-state index contributed by atoms with van der Waals surface area (Å²) < 4.78 is 7.53. The van der Waals surface area contributed by atoms with Crippen molar-refractivity contribution in [3.05, 3.63) is 57.0 Å². The standard InChI is InChI=1S/C20H20N4O2S2/c1-11(2)24-19(25)16-12(3)13(4)28-18(16)21-20(24)27-10-15-22-23-17(26-15)14-8-6-5-7-9-14/h5-9,11H,10H2,1-4H3. The van der Waals surface area contributed by atoms with Gasteiger partial charge in [-0.2, -0.15) is 0 Å². The molecular formula is C20H20N4O2S2. The van der Waals surface area contributed by atoms with E-state index in [-0.39, 0.29) is 11.6 Å². The zero-order valence-corrected chi connectivity index (χ0v) is 17.7. The molecule has 0 N–H and O–H groups in total. The van der Waals surface area contributed by atoms with E-state index in [1.165, 1.54) is 11.8 Å². The first-order valence-corrected chi connectivity index (χ1v) is 10.8. The Morgan fingerprint density at radius 1 is 1.18 bits per heavy atom. The summed E-state index contributed by atoms with van der Waals surface area (Å²) in [5.41, 5.74) is 1.92. The summed E-state index contributed by atoms with van der Waals surface area (Å²) in [5.74, 6) is 1.45. The van der Waals surface area contributed by atoms with Crippen LogP contribution in [0, 0.1) is 13.8 Å². The highest BCUT2D eigenvalue weighted by Gasteiger charge is 2.19. The van der Waals surface area contributed by atoms with Gasteiger partial charge in [-0.15, -0.1) is 21.5 Å². The van der Waals surface area contributed by atoms with Crippen LogP contribution in [0.1, 0.15) is 36.2 Å². The van der Waals surface area contributed by atoms with Crippen molar-refractivity contribution in [1.29, 1.82) is 0 Å². The van der Waals surface area contributed by atoms with Crippen molar-refractivity contribution in [3.8, 4) is 11.5 Å². The van der Waals surface area contributed by atoms with Crippen molar-refractivity contribution in [3.63, 3.8) is 0 Å². The number of fused-ring (bicyclic) bond motifs is 1. The summed E-state index contributed by atoms with van der Waals surface area (Å²) in [4.78, 5) is 19.8. The lowest BCUT2D eigenvalue weighted by Crippen LogP contribution is -2.24. The molecular weight excluding hydrogens is 392 g/mol. The van der Waals surface area contributed by atoms with E-state index in [1.54, 1.807) is 15.9 Å². The summed E-state index contributed by atoms with van der Waals surface area (Å²) in [5, 5.41) is 9.66. The normalized spacial score (nSPS) is 11.6. The molecule has 6 nitrogen and oxygen atoms in total. The topological polar surface area (TPSA) is 73.8 Å². The largest absolute Gasteiger partial charge is 0.420 e. The second kappa shape index (κ2) is 7.52. The molecule has 0 aliphatic heterocycles. The quantitative estimate of drug-likeness (QED) is 0.339. The van der Waals surface area contributed by atoms with Gasteiger partial charge in [0.15, 0.2) is 5.16 Å². The number of hydrogen-bond donors (Lipinski definition) is 0. The Hall–Kier alpha value is -2.45. The van der Waals surface area contributed by atoms with Crippen LogP contribution in [0.2, 0.25) is 0 Å². The van der Waals surface area contributed by atoms with Crippen LogP contribution in [0.15, 0.2) is 44.7 Å². The molecule has 0 aliphatic carbocycles. The van der Waals surface area contributed by atoms with Crippen LogP contribution in [0.25, 0.3) is 21.7 Å². The number of benzene rings is 1. The van der Waals surface area contributed by atoms with Gasteiger partial charge < -0.3 is 4.42 Å². The lowest BCUT2D eigenvalue weighted by atomic mass is 10.2. The lowest BCUT2D eigenvalue weighted by molar-refractivity contribution is 0.514. The molecule has 144 valence electrons. The van der Waals surface area contributed by atoms with E-state index < -0.39 is 0 Å². The molecule has 0 unspecified atom stereocenters. The predicted molar refractivity (Wildman–Crippen MR) is 113 cm³/mol. The highest BCUT2D eigenvalue weighted by Crippen LogP contribution is 2.30. The smallest absolute Gasteiger partial charge is 0.263 e. The number of thioether (sulfide) groups is 1. The fourth-order valence-corrected chi connectivity index (χ4v) is 5.02. The molecule has 0 spiro atoms. The van der Waals surface area contributed by atoms with Gasteiger partial charge in [0.2, 0.25) is 11.8 Å². The van der Waals surface area contributed by atoms with Gasteiger partial charge in [0.1, 0.15) is 4.83 Å². The van der Waals surface area contributed by atoms with Gasteiger partial charge >= 0.3 is 0 Å². The van der Waals surface area contributed by atoms with E-state index in [4.69, 9.17) is 9.40 Å². The van der Waals surface area contributed by atoms with Crippen LogP contribution < -0.4 is 5.56 Å². The van der Waals surface area contributed by atoms with Gasteiger partial charge in [-0.05, 0) is 45.4 Å². The molecule has 1 aromatic carbocycles.